The summed E-state index contributed by atoms with van der Waals surface area (Å²) in [6.45, 7) is 4.19. The van der Waals surface area contributed by atoms with Gasteiger partial charge in [-0.2, -0.15) is 0 Å². The van der Waals surface area contributed by atoms with E-state index in [9.17, 15) is 9.90 Å². The lowest BCUT2D eigenvalue weighted by atomic mass is 9.82. The molecule has 2 N–H and O–H groups in total. The monoisotopic (exact) mass is 390 g/mol. The fourth-order valence-electron chi connectivity index (χ4n) is 3.46. The molecule has 1 amide bonds. The largest absolute Gasteiger partial charge is 0.384 e. The van der Waals surface area contributed by atoms with E-state index in [2.05, 4.69) is 10.5 Å². The zero-order valence-corrected chi connectivity index (χ0v) is 16.8. The Bertz CT molecular complexity index is 959. The quantitative estimate of drug-likeness (QED) is 0.575. The van der Waals surface area contributed by atoms with Crippen molar-refractivity contribution in [3.8, 4) is 0 Å². The number of amides is 1. The maximum Gasteiger partial charge on any atom is 0.246 e. The second kappa shape index (κ2) is 9.45. The molecule has 1 aromatic heterocycles. The van der Waals surface area contributed by atoms with Crippen molar-refractivity contribution in [1.29, 1.82) is 0 Å². The number of hydrogen-bond donors (Lipinski definition) is 2. The van der Waals surface area contributed by atoms with E-state index >= 15 is 0 Å². The van der Waals surface area contributed by atoms with Crippen LogP contribution < -0.4 is 5.48 Å². The lowest BCUT2D eigenvalue weighted by Gasteiger charge is -2.29. The van der Waals surface area contributed by atoms with Crippen LogP contribution in [0.3, 0.4) is 0 Å². The number of aryl methyl sites for hydroxylation is 2. The van der Waals surface area contributed by atoms with Gasteiger partial charge in [0.2, 0.25) is 5.91 Å². The molecule has 0 fully saturated rings. The van der Waals surface area contributed by atoms with Gasteiger partial charge in [-0.1, -0.05) is 54.6 Å². The summed E-state index contributed by atoms with van der Waals surface area (Å²) in [6.07, 6.45) is 3.54. The van der Waals surface area contributed by atoms with E-state index in [1.54, 1.807) is 12.4 Å². The van der Waals surface area contributed by atoms with Crippen LogP contribution in [0.15, 0.2) is 73.1 Å². The Hall–Kier alpha value is -3.02. The van der Waals surface area contributed by atoms with Crippen LogP contribution in [0.1, 0.15) is 34.2 Å². The molecule has 0 spiro atoms. The van der Waals surface area contributed by atoms with Crippen molar-refractivity contribution in [2.75, 3.05) is 0 Å². The predicted octanol–water partition coefficient (Wildman–Crippen LogP) is 3.77. The zero-order chi connectivity index (χ0) is 20.7. The van der Waals surface area contributed by atoms with Crippen LogP contribution in [0, 0.1) is 13.8 Å². The number of pyridine rings is 1. The van der Waals surface area contributed by atoms with Crippen LogP contribution in [-0.4, -0.2) is 16.0 Å². The Morgan fingerprint density at radius 2 is 1.76 bits per heavy atom. The van der Waals surface area contributed by atoms with Gasteiger partial charge in [0.15, 0.2) is 0 Å². The molecule has 1 atom stereocenters. The summed E-state index contributed by atoms with van der Waals surface area (Å²) in [5.41, 5.74) is 5.69. The smallest absolute Gasteiger partial charge is 0.246 e. The van der Waals surface area contributed by atoms with E-state index in [-0.39, 0.29) is 25.4 Å². The number of hydrogen-bond acceptors (Lipinski definition) is 4. The summed E-state index contributed by atoms with van der Waals surface area (Å²) in [6, 6.07) is 19.1. The fourth-order valence-corrected chi connectivity index (χ4v) is 3.46. The zero-order valence-electron chi connectivity index (χ0n) is 16.8. The third-order valence-electron chi connectivity index (χ3n) is 4.99. The Labute approximate surface area is 171 Å². The maximum atomic E-state index is 12.6. The molecule has 2 aromatic carbocycles. The molecule has 0 aliphatic rings. The molecular weight excluding hydrogens is 364 g/mol. The minimum atomic E-state index is -1.37. The Balaban J connectivity index is 1.72. The topological polar surface area (TPSA) is 71.5 Å². The molecule has 3 rings (SSSR count). The summed E-state index contributed by atoms with van der Waals surface area (Å²) in [5.74, 6) is -0.381. The summed E-state index contributed by atoms with van der Waals surface area (Å²) < 4.78 is 0. The molecule has 0 radical (unpaired) electrons. The molecule has 0 bridgehead atoms. The first-order valence-electron chi connectivity index (χ1n) is 9.60. The summed E-state index contributed by atoms with van der Waals surface area (Å²) in [4.78, 5) is 22.1. The standard InChI is InChI=1S/C24H26N2O3/c1-18-8-3-5-11-21(18)17-29-26-23(27)15-24(28,14-20-10-7-13-25-16-20)22-12-6-4-9-19(22)2/h3-13,16,28H,14-15,17H2,1-2H3,(H,26,27). The predicted molar refractivity (Wildman–Crippen MR) is 112 cm³/mol. The maximum absolute atomic E-state index is 12.6. The van der Waals surface area contributed by atoms with Gasteiger partial charge in [-0.25, -0.2) is 5.48 Å². The lowest BCUT2D eigenvalue weighted by molar-refractivity contribution is -0.140. The molecule has 0 aliphatic heterocycles. The average molecular weight is 390 g/mol. The number of benzene rings is 2. The molecule has 0 aliphatic carbocycles. The highest BCUT2D eigenvalue weighted by Gasteiger charge is 2.34. The van der Waals surface area contributed by atoms with Crippen molar-refractivity contribution in [3.63, 3.8) is 0 Å². The van der Waals surface area contributed by atoms with Crippen LogP contribution in [0.2, 0.25) is 0 Å². The number of hydroxylamine groups is 1. The van der Waals surface area contributed by atoms with Crippen molar-refractivity contribution in [2.24, 2.45) is 0 Å². The van der Waals surface area contributed by atoms with Gasteiger partial charge >= 0.3 is 0 Å². The average Bonchev–Trinajstić information content (AvgIpc) is 2.70. The van der Waals surface area contributed by atoms with E-state index in [1.807, 2.05) is 74.5 Å². The second-order valence-corrected chi connectivity index (χ2v) is 7.30. The highest BCUT2D eigenvalue weighted by Crippen LogP contribution is 2.31. The molecule has 0 saturated heterocycles. The third-order valence-corrected chi connectivity index (χ3v) is 4.99. The van der Waals surface area contributed by atoms with Crippen LogP contribution in [0.25, 0.3) is 0 Å². The van der Waals surface area contributed by atoms with Gasteiger partial charge in [0, 0.05) is 18.8 Å². The van der Waals surface area contributed by atoms with Crippen molar-refractivity contribution >= 4 is 5.91 Å². The van der Waals surface area contributed by atoms with Gasteiger partial charge in [0.25, 0.3) is 0 Å². The van der Waals surface area contributed by atoms with Crippen LogP contribution >= 0.6 is 0 Å². The number of carbonyl (C=O) groups excluding carboxylic acids is 1. The molecule has 5 heteroatoms. The van der Waals surface area contributed by atoms with Crippen molar-refractivity contribution in [2.45, 2.75) is 38.9 Å². The Kier molecular flexibility index (Phi) is 6.75. The van der Waals surface area contributed by atoms with Gasteiger partial charge in [0.05, 0.1) is 6.42 Å². The van der Waals surface area contributed by atoms with E-state index in [0.717, 1.165) is 27.8 Å². The van der Waals surface area contributed by atoms with E-state index in [4.69, 9.17) is 4.84 Å². The first-order chi connectivity index (χ1) is 14.0. The molecule has 3 aromatic rings. The number of rotatable bonds is 8. The summed E-state index contributed by atoms with van der Waals surface area (Å²) in [7, 11) is 0. The summed E-state index contributed by atoms with van der Waals surface area (Å²) >= 11 is 0. The molecule has 1 unspecified atom stereocenters. The van der Waals surface area contributed by atoms with Gasteiger partial charge < -0.3 is 5.11 Å². The van der Waals surface area contributed by atoms with Gasteiger partial charge in [-0.05, 0) is 47.7 Å². The minimum Gasteiger partial charge on any atom is -0.384 e. The molecule has 5 nitrogen and oxygen atoms in total. The molecule has 29 heavy (non-hydrogen) atoms. The lowest BCUT2D eigenvalue weighted by Crippen LogP contribution is -2.37. The second-order valence-electron chi connectivity index (χ2n) is 7.30. The van der Waals surface area contributed by atoms with Crippen LogP contribution in [-0.2, 0) is 28.3 Å². The van der Waals surface area contributed by atoms with E-state index in [0.29, 0.717) is 0 Å². The molecular formula is C24H26N2O3. The normalized spacial score (nSPS) is 12.9. The number of aliphatic hydroxyl groups is 1. The van der Waals surface area contributed by atoms with E-state index < -0.39 is 5.60 Å². The number of aromatic nitrogens is 1. The van der Waals surface area contributed by atoms with Crippen LogP contribution in [0.4, 0.5) is 0 Å². The minimum absolute atomic E-state index is 0.124. The van der Waals surface area contributed by atoms with Crippen molar-refractivity contribution in [1.82, 2.24) is 10.5 Å². The molecule has 0 saturated carbocycles. The van der Waals surface area contributed by atoms with Crippen molar-refractivity contribution < 1.29 is 14.7 Å². The third kappa shape index (κ3) is 5.50. The Morgan fingerprint density at radius 1 is 1.03 bits per heavy atom. The number of nitrogens with one attached hydrogen (secondary N) is 1. The SMILES string of the molecule is Cc1ccccc1CONC(=O)CC(O)(Cc1cccnc1)c1ccccc1C. The van der Waals surface area contributed by atoms with Gasteiger partial charge in [-0.3, -0.25) is 14.6 Å². The Morgan fingerprint density at radius 3 is 2.45 bits per heavy atom. The highest BCUT2D eigenvalue weighted by molar-refractivity contribution is 5.76. The molecule has 150 valence electrons. The van der Waals surface area contributed by atoms with Crippen LogP contribution in [0.5, 0.6) is 0 Å². The summed E-state index contributed by atoms with van der Waals surface area (Å²) in [5, 5.41) is 11.5. The van der Waals surface area contributed by atoms with Crippen molar-refractivity contribution in [3.05, 3.63) is 101 Å². The number of carbonyl (C=O) groups is 1. The molecule has 1 heterocycles. The van der Waals surface area contributed by atoms with E-state index in [1.165, 1.54) is 0 Å². The van der Waals surface area contributed by atoms with Gasteiger partial charge in [-0.15, -0.1) is 0 Å². The highest BCUT2D eigenvalue weighted by atomic mass is 16.6. The number of nitrogens with zero attached hydrogens (tertiary/aromatic N) is 1. The fraction of sp³-hybridized carbons (Fsp3) is 0.250. The first-order valence-corrected chi connectivity index (χ1v) is 9.60. The van der Waals surface area contributed by atoms with Gasteiger partial charge in [0.1, 0.15) is 12.2 Å². The first kappa shape index (κ1) is 20.7.